The minimum Gasteiger partial charge on any atom is -0.339 e. The fraction of sp³-hybridized carbons (Fsp3) is 0.0588. The van der Waals surface area contributed by atoms with E-state index in [9.17, 15) is 9.59 Å². The number of pyridine rings is 1. The third-order valence-electron chi connectivity index (χ3n) is 3.35. The Kier molecular flexibility index (Phi) is 3.71. The van der Waals surface area contributed by atoms with Crippen LogP contribution in [0.3, 0.4) is 0 Å². The SMILES string of the molecule is O=C(Cn1ccc(=O)c2ccccc21)c1cccc(Br)c1. The van der Waals surface area contributed by atoms with E-state index in [4.69, 9.17) is 0 Å². The van der Waals surface area contributed by atoms with E-state index in [0.717, 1.165) is 9.99 Å². The van der Waals surface area contributed by atoms with Gasteiger partial charge in [0.1, 0.15) is 0 Å². The first-order valence-corrected chi connectivity index (χ1v) is 7.31. The van der Waals surface area contributed by atoms with E-state index in [1.165, 1.54) is 6.07 Å². The van der Waals surface area contributed by atoms with Gasteiger partial charge < -0.3 is 4.57 Å². The molecule has 0 spiro atoms. The summed E-state index contributed by atoms with van der Waals surface area (Å²) in [4.78, 5) is 24.2. The molecule has 1 heterocycles. The van der Waals surface area contributed by atoms with Gasteiger partial charge in [0.05, 0.1) is 12.1 Å². The molecule has 0 atom stereocenters. The summed E-state index contributed by atoms with van der Waals surface area (Å²) in [6.07, 6.45) is 1.67. The third kappa shape index (κ3) is 2.81. The highest BCUT2D eigenvalue weighted by Gasteiger charge is 2.09. The highest BCUT2D eigenvalue weighted by atomic mass is 79.9. The number of halogens is 1. The number of hydrogen-bond donors (Lipinski definition) is 0. The minimum atomic E-state index is -0.0308. The van der Waals surface area contributed by atoms with Gasteiger partial charge in [-0.25, -0.2) is 0 Å². The van der Waals surface area contributed by atoms with Crippen LogP contribution in [0.1, 0.15) is 10.4 Å². The van der Waals surface area contributed by atoms with Gasteiger partial charge in [0, 0.05) is 27.7 Å². The molecule has 0 unspecified atom stereocenters. The van der Waals surface area contributed by atoms with E-state index in [-0.39, 0.29) is 17.8 Å². The van der Waals surface area contributed by atoms with Crippen LogP contribution in [0, 0.1) is 0 Å². The van der Waals surface area contributed by atoms with Crippen molar-refractivity contribution in [2.24, 2.45) is 0 Å². The molecule has 0 radical (unpaired) electrons. The summed E-state index contributed by atoms with van der Waals surface area (Å²) in [7, 11) is 0. The molecule has 0 saturated heterocycles. The molecule has 0 aliphatic rings. The number of para-hydroxylation sites is 1. The largest absolute Gasteiger partial charge is 0.339 e. The number of benzene rings is 2. The van der Waals surface area contributed by atoms with Crippen LogP contribution in [0.5, 0.6) is 0 Å². The Hall–Kier alpha value is -2.20. The monoisotopic (exact) mass is 341 g/mol. The second-order valence-corrected chi connectivity index (χ2v) is 5.67. The van der Waals surface area contributed by atoms with Crippen molar-refractivity contribution in [3.05, 3.63) is 81.1 Å². The number of ketones is 1. The van der Waals surface area contributed by atoms with E-state index >= 15 is 0 Å². The maximum Gasteiger partial charge on any atom is 0.189 e. The lowest BCUT2D eigenvalue weighted by molar-refractivity contribution is 0.0973. The van der Waals surface area contributed by atoms with Crippen LogP contribution in [-0.4, -0.2) is 10.4 Å². The predicted molar refractivity (Wildman–Crippen MR) is 86.7 cm³/mol. The topological polar surface area (TPSA) is 39.1 Å². The second kappa shape index (κ2) is 5.66. The van der Waals surface area contributed by atoms with Gasteiger partial charge in [-0.05, 0) is 24.3 Å². The molecular weight excluding hydrogens is 330 g/mol. The number of fused-ring (bicyclic) bond motifs is 1. The summed E-state index contributed by atoms with van der Waals surface area (Å²) >= 11 is 3.36. The van der Waals surface area contributed by atoms with Crippen LogP contribution in [0.25, 0.3) is 10.9 Å². The maximum absolute atomic E-state index is 12.4. The van der Waals surface area contributed by atoms with Crippen LogP contribution in [0.15, 0.2) is 70.1 Å². The number of rotatable bonds is 3. The number of hydrogen-bond acceptors (Lipinski definition) is 2. The molecule has 3 nitrogen and oxygen atoms in total. The number of nitrogens with zero attached hydrogens (tertiary/aromatic N) is 1. The van der Waals surface area contributed by atoms with Gasteiger partial charge in [0.25, 0.3) is 0 Å². The van der Waals surface area contributed by atoms with Gasteiger partial charge in [-0.15, -0.1) is 0 Å². The molecule has 0 fully saturated rings. The molecule has 0 amide bonds. The van der Waals surface area contributed by atoms with Crippen molar-refractivity contribution in [1.82, 2.24) is 4.57 Å². The molecule has 0 aliphatic heterocycles. The van der Waals surface area contributed by atoms with Gasteiger partial charge in [0.2, 0.25) is 0 Å². The molecule has 3 rings (SSSR count). The molecule has 0 N–H and O–H groups in total. The molecule has 1 aromatic heterocycles. The Bertz CT molecular complexity index is 883. The molecule has 21 heavy (non-hydrogen) atoms. The quantitative estimate of drug-likeness (QED) is 0.682. The summed E-state index contributed by atoms with van der Waals surface area (Å²) in [6.45, 7) is 0.206. The number of carbonyl (C=O) groups excluding carboxylic acids is 1. The normalized spacial score (nSPS) is 10.7. The average Bonchev–Trinajstić information content (AvgIpc) is 2.50. The fourth-order valence-corrected chi connectivity index (χ4v) is 2.71. The Labute approximate surface area is 130 Å². The van der Waals surface area contributed by atoms with Crippen LogP contribution in [0.4, 0.5) is 0 Å². The first kappa shape index (κ1) is 13.8. The Balaban J connectivity index is 2.01. The molecule has 0 aliphatic carbocycles. The summed E-state index contributed by atoms with van der Waals surface area (Å²) in [5, 5.41) is 0.627. The van der Waals surface area contributed by atoms with Crippen molar-refractivity contribution in [2.75, 3.05) is 0 Å². The molecule has 3 aromatic rings. The molecule has 4 heteroatoms. The van der Waals surface area contributed by atoms with Gasteiger partial charge in [-0.1, -0.05) is 40.2 Å². The van der Waals surface area contributed by atoms with Crippen LogP contribution >= 0.6 is 15.9 Å². The van der Waals surface area contributed by atoms with Crippen LogP contribution in [-0.2, 0) is 6.54 Å². The van der Waals surface area contributed by atoms with E-state index in [1.54, 1.807) is 29.0 Å². The van der Waals surface area contributed by atoms with E-state index in [2.05, 4.69) is 15.9 Å². The van der Waals surface area contributed by atoms with Gasteiger partial charge in [-0.3, -0.25) is 9.59 Å². The summed E-state index contributed by atoms with van der Waals surface area (Å²) < 4.78 is 2.68. The molecular formula is C17H12BrNO2. The lowest BCUT2D eigenvalue weighted by atomic mass is 10.1. The maximum atomic E-state index is 12.4. The zero-order chi connectivity index (χ0) is 14.8. The van der Waals surface area contributed by atoms with E-state index in [1.807, 2.05) is 30.3 Å². The van der Waals surface area contributed by atoms with Gasteiger partial charge >= 0.3 is 0 Å². The first-order valence-electron chi connectivity index (χ1n) is 6.52. The Morgan fingerprint density at radius 1 is 1.05 bits per heavy atom. The fourth-order valence-electron chi connectivity index (χ4n) is 2.31. The predicted octanol–water partition coefficient (Wildman–Crippen LogP) is 3.65. The Morgan fingerprint density at radius 2 is 1.86 bits per heavy atom. The number of Topliss-reactive ketones (excluding diaryl/α,β-unsaturated/α-hetero) is 1. The summed E-state index contributed by atoms with van der Waals surface area (Å²) in [6, 6.07) is 16.1. The van der Waals surface area contributed by atoms with Crippen LogP contribution in [0.2, 0.25) is 0 Å². The summed E-state index contributed by atoms with van der Waals surface area (Å²) in [5.74, 6) is 0.00472. The number of aromatic nitrogens is 1. The molecule has 0 bridgehead atoms. The standard InChI is InChI=1S/C17H12BrNO2/c18-13-5-3-4-12(10-13)17(21)11-19-9-8-16(20)14-6-1-2-7-15(14)19/h1-10H,11H2. The smallest absolute Gasteiger partial charge is 0.189 e. The highest BCUT2D eigenvalue weighted by molar-refractivity contribution is 9.10. The van der Waals surface area contributed by atoms with Crippen molar-refractivity contribution in [1.29, 1.82) is 0 Å². The lowest BCUT2D eigenvalue weighted by Gasteiger charge is -2.10. The second-order valence-electron chi connectivity index (χ2n) is 4.76. The lowest BCUT2D eigenvalue weighted by Crippen LogP contribution is -2.14. The van der Waals surface area contributed by atoms with Crippen molar-refractivity contribution in [3.63, 3.8) is 0 Å². The van der Waals surface area contributed by atoms with Crippen molar-refractivity contribution >= 4 is 32.6 Å². The highest BCUT2D eigenvalue weighted by Crippen LogP contribution is 2.14. The average molecular weight is 342 g/mol. The van der Waals surface area contributed by atoms with Crippen LogP contribution < -0.4 is 5.43 Å². The van der Waals surface area contributed by atoms with Crippen molar-refractivity contribution < 1.29 is 4.79 Å². The zero-order valence-corrected chi connectivity index (χ0v) is 12.7. The zero-order valence-electron chi connectivity index (χ0n) is 11.1. The number of carbonyl (C=O) groups is 1. The van der Waals surface area contributed by atoms with Gasteiger partial charge in [-0.2, -0.15) is 0 Å². The minimum absolute atomic E-state index is 0.00472. The van der Waals surface area contributed by atoms with Crippen molar-refractivity contribution in [2.45, 2.75) is 6.54 Å². The molecule has 104 valence electrons. The van der Waals surface area contributed by atoms with Crippen molar-refractivity contribution in [3.8, 4) is 0 Å². The first-order chi connectivity index (χ1) is 10.1. The van der Waals surface area contributed by atoms with E-state index in [0.29, 0.717) is 10.9 Å². The molecule has 2 aromatic carbocycles. The summed E-state index contributed by atoms with van der Waals surface area (Å²) in [5.41, 5.74) is 1.39. The Morgan fingerprint density at radius 3 is 2.67 bits per heavy atom. The van der Waals surface area contributed by atoms with Gasteiger partial charge in [0.15, 0.2) is 11.2 Å². The molecule has 0 saturated carbocycles. The van der Waals surface area contributed by atoms with E-state index < -0.39 is 0 Å². The third-order valence-corrected chi connectivity index (χ3v) is 3.84.